The molecule has 1 rings (SSSR count). The quantitative estimate of drug-likeness (QED) is 0.689. The molecular formula is C11H26ClN3O2S. The molecular weight excluding hydrogens is 274 g/mol. The van der Waals surface area contributed by atoms with Crippen LogP contribution in [0.25, 0.3) is 0 Å². The summed E-state index contributed by atoms with van der Waals surface area (Å²) >= 11 is 0. The smallest absolute Gasteiger partial charge is 0.279 e. The first-order chi connectivity index (χ1) is 8.06. The molecule has 0 radical (unpaired) electrons. The van der Waals surface area contributed by atoms with E-state index in [0.717, 1.165) is 25.8 Å². The fraction of sp³-hybridized carbons (Fsp3) is 1.00. The summed E-state index contributed by atoms with van der Waals surface area (Å²) in [5.74, 6) is 0.471. The Labute approximate surface area is 117 Å². The van der Waals surface area contributed by atoms with E-state index in [9.17, 15) is 8.42 Å². The van der Waals surface area contributed by atoms with Gasteiger partial charge in [0.05, 0.1) is 0 Å². The molecule has 18 heavy (non-hydrogen) atoms. The molecule has 1 heterocycles. The van der Waals surface area contributed by atoms with E-state index in [1.165, 1.54) is 0 Å². The predicted octanol–water partition coefficient (Wildman–Crippen LogP) is 0.974. The minimum atomic E-state index is -3.26. The fourth-order valence-electron chi connectivity index (χ4n) is 2.03. The maximum Gasteiger partial charge on any atom is 0.279 e. The van der Waals surface area contributed by atoms with Crippen molar-refractivity contribution in [2.24, 2.45) is 5.92 Å². The van der Waals surface area contributed by atoms with Gasteiger partial charge in [0.2, 0.25) is 0 Å². The summed E-state index contributed by atoms with van der Waals surface area (Å²) in [4.78, 5) is 0. The predicted molar refractivity (Wildman–Crippen MR) is 77.3 cm³/mol. The van der Waals surface area contributed by atoms with Gasteiger partial charge in [0.1, 0.15) is 0 Å². The van der Waals surface area contributed by atoms with Crippen molar-refractivity contribution < 1.29 is 8.42 Å². The second kappa shape index (κ2) is 9.09. The summed E-state index contributed by atoms with van der Waals surface area (Å²) < 4.78 is 28.1. The number of piperidine rings is 1. The molecule has 7 heteroatoms. The van der Waals surface area contributed by atoms with Crippen molar-refractivity contribution >= 4 is 22.6 Å². The van der Waals surface area contributed by atoms with Gasteiger partial charge in [0.25, 0.3) is 10.2 Å². The van der Waals surface area contributed by atoms with Crippen LogP contribution in [-0.2, 0) is 10.2 Å². The van der Waals surface area contributed by atoms with Crippen molar-refractivity contribution in [2.45, 2.75) is 33.1 Å². The van der Waals surface area contributed by atoms with Crippen molar-refractivity contribution in [3.8, 4) is 0 Å². The van der Waals surface area contributed by atoms with Crippen LogP contribution in [-0.4, -0.2) is 45.4 Å². The Morgan fingerprint density at radius 1 is 1.28 bits per heavy atom. The van der Waals surface area contributed by atoms with Gasteiger partial charge < -0.3 is 5.32 Å². The Balaban J connectivity index is 0.00000289. The first-order valence-electron chi connectivity index (χ1n) is 6.51. The van der Waals surface area contributed by atoms with E-state index in [1.807, 2.05) is 0 Å². The summed E-state index contributed by atoms with van der Waals surface area (Å²) in [6, 6.07) is 0. The van der Waals surface area contributed by atoms with Gasteiger partial charge in [-0.05, 0) is 31.7 Å². The van der Waals surface area contributed by atoms with Gasteiger partial charge in [0.15, 0.2) is 0 Å². The van der Waals surface area contributed by atoms with Crippen LogP contribution >= 0.6 is 12.4 Å². The third kappa shape index (κ3) is 6.33. The number of halogens is 1. The second-order valence-corrected chi connectivity index (χ2v) is 6.51. The van der Waals surface area contributed by atoms with Gasteiger partial charge in [0, 0.05) is 26.2 Å². The van der Waals surface area contributed by atoms with E-state index in [1.54, 1.807) is 4.31 Å². The van der Waals surface area contributed by atoms with Gasteiger partial charge in [-0.3, -0.25) is 0 Å². The Hall–Kier alpha value is 0.120. The molecule has 0 saturated carbocycles. The number of nitrogens with zero attached hydrogens (tertiary/aromatic N) is 1. The average molecular weight is 300 g/mol. The molecule has 0 amide bonds. The maximum atomic E-state index is 12.0. The third-order valence-electron chi connectivity index (χ3n) is 2.97. The second-order valence-electron chi connectivity index (χ2n) is 4.75. The first-order valence-corrected chi connectivity index (χ1v) is 7.95. The molecule has 0 aromatic heterocycles. The molecule has 1 atom stereocenters. The molecule has 5 nitrogen and oxygen atoms in total. The number of hydrogen-bond acceptors (Lipinski definition) is 3. The van der Waals surface area contributed by atoms with Crippen molar-refractivity contribution in [3.63, 3.8) is 0 Å². The lowest BCUT2D eigenvalue weighted by molar-refractivity contribution is 0.278. The lowest BCUT2D eigenvalue weighted by atomic mass is 10.0. The van der Waals surface area contributed by atoms with E-state index >= 15 is 0 Å². The van der Waals surface area contributed by atoms with E-state index in [0.29, 0.717) is 32.1 Å². The largest absolute Gasteiger partial charge is 0.315 e. The highest BCUT2D eigenvalue weighted by atomic mass is 35.5. The van der Waals surface area contributed by atoms with Gasteiger partial charge in [-0.25, -0.2) is 4.72 Å². The van der Waals surface area contributed by atoms with E-state index in [-0.39, 0.29) is 12.4 Å². The number of rotatable bonds is 7. The molecule has 0 aliphatic carbocycles. The number of hydrogen-bond donors (Lipinski definition) is 2. The van der Waals surface area contributed by atoms with Crippen LogP contribution in [0.5, 0.6) is 0 Å². The summed E-state index contributed by atoms with van der Waals surface area (Å²) in [6.45, 7) is 7.59. The molecule has 0 aromatic rings. The molecule has 1 aliphatic rings. The third-order valence-corrected chi connectivity index (χ3v) is 4.55. The van der Waals surface area contributed by atoms with Crippen molar-refractivity contribution in [2.75, 3.05) is 32.7 Å². The van der Waals surface area contributed by atoms with Crippen LogP contribution in [0.1, 0.15) is 33.1 Å². The highest BCUT2D eigenvalue weighted by Crippen LogP contribution is 2.17. The minimum absolute atomic E-state index is 0. The van der Waals surface area contributed by atoms with Crippen molar-refractivity contribution in [3.05, 3.63) is 0 Å². The maximum absolute atomic E-state index is 12.0. The lowest BCUT2D eigenvalue weighted by Gasteiger charge is -2.29. The zero-order valence-corrected chi connectivity index (χ0v) is 12.9. The van der Waals surface area contributed by atoms with Crippen LogP contribution in [0, 0.1) is 5.92 Å². The molecule has 2 N–H and O–H groups in total. The van der Waals surface area contributed by atoms with E-state index in [4.69, 9.17) is 0 Å². The van der Waals surface area contributed by atoms with Crippen LogP contribution in [0.4, 0.5) is 0 Å². The van der Waals surface area contributed by atoms with Gasteiger partial charge >= 0.3 is 0 Å². The topological polar surface area (TPSA) is 61.4 Å². The summed E-state index contributed by atoms with van der Waals surface area (Å²) in [5, 5.41) is 3.17. The van der Waals surface area contributed by atoms with Crippen LogP contribution in [0.2, 0.25) is 0 Å². The van der Waals surface area contributed by atoms with Gasteiger partial charge in [-0.2, -0.15) is 12.7 Å². The Bertz CT molecular complexity index is 311. The summed E-state index contributed by atoms with van der Waals surface area (Å²) in [6.07, 6.45) is 3.16. The molecule has 110 valence electrons. The highest BCUT2D eigenvalue weighted by molar-refractivity contribution is 7.87. The zero-order valence-electron chi connectivity index (χ0n) is 11.3. The monoisotopic (exact) mass is 299 g/mol. The van der Waals surface area contributed by atoms with Crippen LogP contribution in [0.3, 0.4) is 0 Å². The minimum Gasteiger partial charge on any atom is -0.315 e. The normalized spacial score (nSPS) is 21.6. The number of nitrogens with one attached hydrogen (secondary N) is 2. The summed E-state index contributed by atoms with van der Waals surface area (Å²) in [5.41, 5.74) is 0. The van der Waals surface area contributed by atoms with Crippen LogP contribution in [0.15, 0.2) is 0 Å². The first kappa shape index (κ1) is 18.1. The van der Waals surface area contributed by atoms with Crippen LogP contribution < -0.4 is 10.0 Å². The molecule has 1 saturated heterocycles. The Morgan fingerprint density at radius 2 is 2.00 bits per heavy atom. The molecule has 0 bridgehead atoms. The molecule has 0 aromatic carbocycles. The van der Waals surface area contributed by atoms with Crippen molar-refractivity contribution in [1.82, 2.24) is 14.3 Å². The van der Waals surface area contributed by atoms with Gasteiger partial charge in [-0.15, -0.1) is 12.4 Å². The zero-order chi connectivity index (χ0) is 12.7. The Morgan fingerprint density at radius 3 is 2.61 bits per heavy atom. The highest BCUT2D eigenvalue weighted by Gasteiger charge is 2.26. The van der Waals surface area contributed by atoms with Crippen molar-refractivity contribution in [1.29, 1.82) is 0 Å². The summed E-state index contributed by atoms with van der Waals surface area (Å²) in [7, 11) is -3.26. The van der Waals surface area contributed by atoms with Gasteiger partial charge in [-0.1, -0.05) is 13.8 Å². The average Bonchev–Trinajstić information content (AvgIpc) is 2.29. The fourth-order valence-corrected chi connectivity index (χ4v) is 3.39. The molecule has 1 fully saturated rings. The standard InChI is InChI=1S/C11H25N3O2S.ClH/c1-3-6-12-7-8-13-17(15,16)14-9-4-5-11(2)10-14;/h11-13H,3-10H2,1-2H3;1H. The molecule has 0 spiro atoms. The van der Waals surface area contributed by atoms with E-state index in [2.05, 4.69) is 23.9 Å². The SMILES string of the molecule is CCCNCCNS(=O)(=O)N1CCCC(C)C1.Cl. The van der Waals surface area contributed by atoms with E-state index < -0.39 is 10.2 Å². The molecule has 1 unspecified atom stereocenters. The molecule has 1 aliphatic heterocycles. The lowest BCUT2D eigenvalue weighted by Crippen LogP contribution is -2.46. The Kier molecular flexibility index (Phi) is 9.15.